The van der Waals surface area contributed by atoms with Gasteiger partial charge in [-0.05, 0) is 30.5 Å². The van der Waals surface area contributed by atoms with Gasteiger partial charge in [0, 0.05) is 24.3 Å². The van der Waals surface area contributed by atoms with Gasteiger partial charge in [-0.25, -0.2) is 9.59 Å². The Kier molecular flexibility index (Phi) is 7.41. The number of H-pyrrole nitrogens is 1. The van der Waals surface area contributed by atoms with E-state index in [-0.39, 0.29) is 11.4 Å². The number of benzene rings is 1. The molecule has 8 heteroatoms. The van der Waals surface area contributed by atoms with E-state index in [0.717, 1.165) is 44.5 Å². The van der Waals surface area contributed by atoms with Crippen LogP contribution in [0.4, 0.5) is 11.5 Å². The van der Waals surface area contributed by atoms with Crippen molar-refractivity contribution < 1.29 is 19.8 Å². The second kappa shape index (κ2) is 9.77. The topological polar surface area (TPSA) is 137 Å². The zero-order valence-corrected chi connectivity index (χ0v) is 16.7. The highest BCUT2D eigenvalue weighted by molar-refractivity contribution is 6.07. The molecule has 1 heterocycles. The number of nitrogens with zero attached hydrogens (tertiary/aromatic N) is 1. The van der Waals surface area contributed by atoms with Gasteiger partial charge in [-0.15, -0.1) is 0 Å². The number of pyridine rings is 1. The van der Waals surface area contributed by atoms with Gasteiger partial charge in [-0.2, -0.15) is 0 Å². The minimum absolute atomic E-state index is 0.188. The third-order valence-corrected chi connectivity index (χ3v) is 4.76. The largest absolute Gasteiger partial charge is 0.478 e. The number of rotatable bonds is 10. The Morgan fingerprint density at radius 3 is 1.93 bits per heavy atom. The van der Waals surface area contributed by atoms with E-state index >= 15 is 0 Å². The van der Waals surface area contributed by atoms with Gasteiger partial charge >= 0.3 is 11.9 Å². The molecule has 0 atom stereocenters. The minimum atomic E-state index is -1.51. The van der Waals surface area contributed by atoms with Crippen molar-refractivity contribution in [1.82, 2.24) is 4.98 Å². The number of aromatic carboxylic acids is 2. The second-order valence-corrected chi connectivity index (χ2v) is 6.84. The quantitative estimate of drug-likeness (QED) is 0.479. The summed E-state index contributed by atoms with van der Waals surface area (Å²) in [5, 5.41) is 19.0. The summed E-state index contributed by atoms with van der Waals surface area (Å²) in [5.41, 5.74) is 4.76. The molecule has 1 aromatic heterocycles. The Balaban J connectivity index is 2.57. The van der Waals surface area contributed by atoms with Crippen molar-refractivity contribution in [2.45, 2.75) is 39.5 Å². The average Bonchev–Trinajstić information content (AvgIpc) is 2.67. The Hall–Kier alpha value is -3.29. The lowest BCUT2D eigenvalue weighted by Gasteiger charge is -2.25. The maximum Gasteiger partial charge on any atom is 0.342 e. The fourth-order valence-corrected chi connectivity index (χ4v) is 3.24. The number of nitrogen functional groups attached to an aromatic ring is 1. The first-order valence-electron chi connectivity index (χ1n) is 9.69. The zero-order chi connectivity index (χ0) is 21.6. The smallest absolute Gasteiger partial charge is 0.342 e. The number of aromatic amines is 1. The number of hydrogen-bond donors (Lipinski definition) is 4. The highest BCUT2D eigenvalue weighted by Gasteiger charge is 2.26. The van der Waals surface area contributed by atoms with E-state index < -0.39 is 28.6 Å². The lowest BCUT2D eigenvalue weighted by Crippen LogP contribution is -2.25. The average molecular weight is 401 g/mol. The molecule has 0 aliphatic heterocycles. The fraction of sp³-hybridized carbons (Fsp3) is 0.381. The fourth-order valence-electron chi connectivity index (χ4n) is 3.24. The summed E-state index contributed by atoms with van der Waals surface area (Å²) >= 11 is 0. The van der Waals surface area contributed by atoms with E-state index in [0.29, 0.717) is 5.56 Å². The lowest BCUT2D eigenvalue weighted by molar-refractivity contribution is 0.0695. The summed E-state index contributed by atoms with van der Waals surface area (Å²) in [6.07, 6.45) is 4.22. The molecule has 29 heavy (non-hydrogen) atoms. The van der Waals surface area contributed by atoms with Crippen molar-refractivity contribution in [3.8, 4) is 11.1 Å². The highest BCUT2D eigenvalue weighted by atomic mass is 16.4. The molecule has 0 spiro atoms. The number of carboxylic acid groups (broad SMARTS) is 2. The molecular weight excluding hydrogens is 374 g/mol. The third kappa shape index (κ3) is 4.96. The van der Waals surface area contributed by atoms with Crippen LogP contribution in [-0.4, -0.2) is 40.2 Å². The monoisotopic (exact) mass is 401 g/mol. The normalized spacial score (nSPS) is 10.7. The number of unbranched alkanes of at least 4 members (excludes halogenated alkanes) is 2. The van der Waals surface area contributed by atoms with Crippen LogP contribution in [0.3, 0.4) is 0 Å². The van der Waals surface area contributed by atoms with Crippen LogP contribution in [0.5, 0.6) is 0 Å². The summed E-state index contributed by atoms with van der Waals surface area (Å²) in [7, 11) is 0. The number of nitrogens with two attached hydrogens (primary N) is 1. The van der Waals surface area contributed by atoms with Crippen LogP contribution in [0.15, 0.2) is 29.1 Å². The van der Waals surface area contributed by atoms with Crippen LogP contribution in [0.1, 0.15) is 60.2 Å². The first kappa shape index (κ1) is 22.0. The summed E-state index contributed by atoms with van der Waals surface area (Å²) in [5.74, 6) is -3.30. The van der Waals surface area contributed by atoms with E-state index in [9.17, 15) is 24.6 Å². The van der Waals surface area contributed by atoms with E-state index in [1.165, 1.54) is 0 Å². The molecule has 2 aromatic rings. The van der Waals surface area contributed by atoms with Gasteiger partial charge in [0.05, 0.1) is 0 Å². The first-order valence-corrected chi connectivity index (χ1v) is 9.69. The van der Waals surface area contributed by atoms with Crippen LogP contribution >= 0.6 is 0 Å². The van der Waals surface area contributed by atoms with Crippen molar-refractivity contribution in [2.24, 2.45) is 0 Å². The summed E-state index contributed by atoms with van der Waals surface area (Å²) in [6, 6.07) is 6.89. The molecule has 0 amide bonds. The molecule has 0 saturated heterocycles. The molecular formula is C21H27N3O5. The number of hydrogen-bond acceptors (Lipinski definition) is 5. The van der Waals surface area contributed by atoms with Gasteiger partial charge in [-0.3, -0.25) is 4.79 Å². The van der Waals surface area contributed by atoms with Crippen molar-refractivity contribution in [3.05, 3.63) is 45.7 Å². The molecule has 0 saturated carbocycles. The van der Waals surface area contributed by atoms with E-state index in [2.05, 4.69) is 23.7 Å². The molecule has 8 nitrogen and oxygen atoms in total. The van der Waals surface area contributed by atoms with Gasteiger partial charge in [0.25, 0.3) is 5.56 Å². The predicted octanol–water partition coefficient (Wildman–Crippen LogP) is 3.43. The Labute approximate surface area is 169 Å². The number of carboxylic acids is 2. The van der Waals surface area contributed by atoms with E-state index in [1.807, 2.05) is 12.1 Å². The molecule has 0 bridgehead atoms. The summed E-state index contributed by atoms with van der Waals surface area (Å²) in [6.45, 7) is 6.04. The van der Waals surface area contributed by atoms with Crippen LogP contribution in [0.25, 0.3) is 11.1 Å². The number of anilines is 2. The van der Waals surface area contributed by atoms with Crippen LogP contribution in [0, 0.1) is 0 Å². The molecule has 0 unspecified atom stereocenters. The Morgan fingerprint density at radius 2 is 1.48 bits per heavy atom. The van der Waals surface area contributed by atoms with E-state index in [4.69, 9.17) is 5.73 Å². The van der Waals surface area contributed by atoms with Crippen molar-refractivity contribution in [2.75, 3.05) is 23.7 Å². The molecule has 0 aliphatic rings. The van der Waals surface area contributed by atoms with Crippen LogP contribution in [-0.2, 0) is 0 Å². The van der Waals surface area contributed by atoms with Gasteiger partial charge in [0.15, 0.2) is 0 Å². The van der Waals surface area contributed by atoms with Crippen molar-refractivity contribution in [3.63, 3.8) is 0 Å². The predicted molar refractivity (Wildman–Crippen MR) is 113 cm³/mol. The second-order valence-electron chi connectivity index (χ2n) is 6.84. The molecule has 0 fully saturated rings. The van der Waals surface area contributed by atoms with E-state index in [1.54, 1.807) is 12.1 Å². The minimum Gasteiger partial charge on any atom is -0.478 e. The molecule has 1 aromatic carbocycles. The van der Waals surface area contributed by atoms with Gasteiger partial charge in [0.1, 0.15) is 16.9 Å². The molecule has 2 rings (SSSR count). The highest BCUT2D eigenvalue weighted by Crippen LogP contribution is 2.30. The van der Waals surface area contributed by atoms with Crippen molar-refractivity contribution >= 4 is 23.4 Å². The maximum absolute atomic E-state index is 12.1. The first-order chi connectivity index (χ1) is 13.8. The van der Waals surface area contributed by atoms with Gasteiger partial charge in [-0.1, -0.05) is 38.8 Å². The number of nitrogens with one attached hydrogen (secondary N) is 1. The molecule has 0 radical (unpaired) electrons. The SMILES string of the molecule is CCCCN(CCCC)c1ccc(-c2c(C(=O)O)c(N)[nH]c(=O)c2C(=O)O)cc1. The number of carbonyl (C=O) groups is 2. The van der Waals surface area contributed by atoms with Gasteiger partial charge < -0.3 is 25.8 Å². The van der Waals surface area contributed by atoms with Gasteiger partial charge in [0.2, 0.25) is 0 Å². The van der Waals surface area contributed by atoms with Crippen LogP contribution < -0.4 is 16.2 Å². The zero-order valence-electron chi connectivity index (χ0n) is 16.7. The molecule has 5 N–H and O–H groups in total. The van der Waals surface area contributed by atoms with Crippen LogP contribution in [0.2, 0.25) is 0 Å². The summed E-state index contributed by atoms with van der Waals surface area (Å²) in [4.78, 5) is 39.9. The Morgan fingerprint density at radius 1 is 0.966 bits per heavy atom. The molecule has 0 aliphatic carbocycles. The van der Waals surface area contributed by atoms with Crippen molar-refractivity contribution in [1.29, 1.82) is 0 Å². The standard InChI is InChI=1S/C21H27N3O5/c1-3-5-11-24(12-6-4-2)14-9-7-13(8-10-14)15-16(20(26)27)18(22)23-19(25)17(15)21(28)29/h7-10H,3-6,11-12H2,1-2H3,(H,26,27)(H,28,29)(H3,22,23,25). The maximum atomic E-state index is 12.1. The molecule has 156 valence electrons. The number of aromatic nitrogens is 1. The Bertz CT molecular complexity index is 927. The lowest BCUT2D eigenvalue weighted by atomic mass is 9.95. The third-order valence-electron chi connectivity index (χ3n) is 4.76. The summed E-state index contributed by atoms with van der Waals surface area (Å²) < 4.78 is 0.